The lowest BCUT2D eigenvalue weighted by Gasteiger charge is -2.21. The summed E-state index contributed by atoms with van der Waals surface area (Å²) < 4.78 is 20.3. The van der Waals surface area contributed by atoms with Crippen molar-refractivity contribution < 1.29 is 13.3 Å². The molecule has 0 saturated carbocycles. The van der Waals surface area contributed by atoms with Crippen LogP contribution in [0.15, 0.2) is 444 Å². The molecule has 0 unspecified atom stereocenters. The highest BCUT2D eigenvalue weighted by Crippen LogP contribution is 2.58. The van der Waals surface area contributed by atoms with Crippen molar-refractivity contribution in [1.82, 2.24) is 44.9 Å². The van der Waals surface area contributed by atoms with Crippen LogP contribution in [0.2, 0.25) is 0 Å². The summed E-state index contributed by atoms with van der Waals surface area (Å²) in [5.41, 5.74) is 32.8. The Balaban J connectivity index is 0.000000108. The van der Waals surface area contributed by atoms with E-state index in [4.69, 9.17) is 58.1 Å². The minimum absolute atomic E-state index is 0.0898. The van der Waals surface area contributed by atoms with Crippen LogP contribution in [0.4, 0.5) is 0 Å². The molecule has 0 amide bonds. The zero-order chi connectivity index (χ0) is 96.2. The number of aromatic nitrogens is 9. The molecule has 0 atom stereocenters. The third-order valence-electron chi connectivity index (χ3n) is 29.8. The number of para-hydroxylation sites is 3. The first-order valence-electron chi connectivity index (χ1n) is 49.0. The summed E-state index contributed by atoms with van der Waals surface area (Å²) in [7, 11) is 0. The van der Waals surface area contributed by atoms with Crippen LogP contribution in [0.1, 0.15) is 74.9 Å². The number of fused-ring (bicyclic) bond motifs is 25. The second-order valence-corrected chi connectivity index (χ2v) is 39.2. The quantitative estimate of drug-likeness (QED) is 0.113. The van der Waals surface area contributed by atoms with E-state index >= 15 is 0 Å². The highest BCUT2D eigenvalue weighted by Gasteiger charge is 2.41. The van der Waals surface area contributed by atoms with Gasteiger partial charge in [-0.05, 0) is 176 Å². The smallest absolute Gasteiger partial charge is 0.167 e. The maximum Gasteiger partial charge on any atom is 0.167 e. The second kappa shape index (κ2) is 33.4. The number of hydrogen-bond donors (Lipinski definition) is 0. The molecule has 0 saturated heterocycles. The summed E-state index contributed by atoms with van der Waals surface area (Å²) in [4.78, 5) is 46.1. The van der Waals surface area contributed by atoms with Gasteiger partial charge in [-0.25, -0.2) is 44.9 Å². The molecule has 26 aromatic rings. The molecule has 0 radical (unpaired) electrons. The maximum absolute atomic E-state index is 6.79. The van der Waals surface area contributed by atoms with Crippen molar-refractivity contribution in [1.29, 1.82) is 0 Å². The Morgan fingerprint density at radius 3 is 0.840 bits per heavy atom. The van der Waals surface area contributed by atoms with E-state index in [0.717, 1.165) is 160 Å². The summed E-state index contributed by atoms with van der Waals surface area (Å²) in [6.07, 6.45) is 0. The molecule has 0 fully saturated rings. The fourth-order valence-electron chi connectivity index (χ4n) is 22.8. The molecule has 6 heterocycles. The van der Waals surface area contributed by atoms with E-state index in [1.165, 1.54) is 77.5 Å². The molecule has 0 spiro atoms. The number of furan rings is 3. The fraction of sp³-hybridized carbons (Fsp3) is 0.0682. The highest BCUT2D eigenvalue weighted by molar-refractivity contribution is 6.21. The van der Waals surface area contributed by atoms with Gasteiger partial charge in [-0.15, -0.1) is 0 Å². The highest BCUT2D eigenvalue weighted by atomic mass is 16.3. The van der Waals surface area contributed by atoms with Gasteiger partial charge in [-0.1, -0.05) is 418 Å². The zero-order valence-electron chi connectivity index (χ0n) is 79.7. The Morgan fingerprint density at radius 1 is 0.160 bits per heavy atom. The number of hydrogen-bond acceptors (Lipinski definition) is 12. The fourth-order valence-corrected chi connectivity index (χ4v) is 22.8. The van der Waals surface area contributed by atoms with Crippen molar-refractivity contribution in [3.05, 3.63) is 464 Å². The molecule has 680 valence electrons. The van der Waals surface area contributed by atoms with E-state index in [-0.39, 0.29) is 16.2 Å². The second-order valence-electron chi connectivity index (χ2n) is 39.2. The van der Waals surface area contributed by atoms with E-state index in [1.807, 2.05) is 72.8 Å². The van der Waals surface area contributed by atoms with Gasteiger partial charge in [0.25, 0.3) is 0 Å². The maximum atomic E-state index is 6.79. The minimum Gasteiger partial charge on any atom is -0.455 e. The van der Waals surface area contributed by atoms with Gasteiger partial charge in [0, 0.05) is 81.9 Å². The molecule has 0 N–H and O–H groups in total. The van der Waals surface area contributed by atoms with Crippen molar-refractivity contribution >= 4 is 98.1 Å². The Hall–Kier alpha value is -18.4. The van der Waals surface area contributed by atoms with Crippen LogP contribution in [0.25, 0.3) is 256 Å². The number of rotatable bonds is 11. The molecule has 29 rings (SSSR count). The predicted molar refractivity (Wildman–Crippen MR) is 586 cm³/mol. The van der Waals surface area contributed by atoms with Crippen LogP contribution in [0.3, 0.4) is 0 Å². The summed E-state index contributed by atoms with van der Waals surface area (Å²) in [6.45, 7) is 13.9. The first kappa shape index (κ1) is 84.9. The third-order valence-corrected chi connectivity index (χ3v) is 29.8. The summed E-state index contributed by atoms with van der Waals surface area (Å²) in [6, 6.07) is 150. The molecule has 20 aromatic carbocycles. The van der Waals surface area contributed by atoms with Crippen LogP contribution in [0.5, 0.6) is 0 Å². The first-order valence-corrected chi connectivity index (χ1v) is 49.0. The van der Waals surface area contributed by atoms with E-state index in [2.05, 4.69) is 399 Å². The van der Waals surface area contributed by atoms with Gasteiger partial charge in [-0.3, -0.25) is 0 Å². The van der Waals surface area contributed by atoms with Crippen LogP contribution in [-0.2, 0) is 16.2 Å². The normalized spacial score (nSPS) is 13.2. The van der Waals surface area contributed by atoms with Gasteiger partial charge >= 0.3 is 0 Å². The van der Waals surface area contributed by atoms with Gasteiger partial charge in [0.15, 0.2) is 52.4 Å². The average Bonchev–Trinajstić information content (AvgIpc) is 1.55. The summed E-state index contributed by atoms with van der Waals surface area (Å²) >= 11 is 0. The molecular weight excluding hydrogens is 1760 g/mol. The molecule has 0 bridgehead atoms. The first-order chi connectivity index (χ1) is 70.7. The van der Waals surface area contributed by atoms with Crippen molar-refractivity contribution in [3.63, 3.8) is 0 Å². The third kappa shape index (κ3) is 13.8. The predicted octanol–water partition coefficient (Wildman–Crippen LogP) is 34.0. The minimum atomic E-state index is -0.109. The largest absolute Gasteiger partial charge is 0.455 e. The Kier molecular flexibility index (Phi) is 19.7. The average molecular weight is 1850 g/mol. The molecule has 12 nitrogen and oxygen atoms in total. The topological polar surface area (TPSA) is 155 Å². The van der Waals surface area contributed by atoms with Gasteiger partial charge in [0.2, 0.25) is 0 Å². The van der Waals surface area contributed by atoms with E-state index < -0.39 is 0 Å². The Bertz CT molecular complexity index is 9660. The lowest BCUT2D eigenvalue weighted by molar-refractivity contribution is 0.656. The number of nitrogens with zero attached hydrogens (tertiary/aromatic N) is 9. The lowest BCUT2D eigenvalue weighted by atomic mass is 9.82. The molecule has 3 aliphatic rings. The van der Waals surface area contributed by atoms with Crippen molar-refractivity contribution in [3.8, 4) is 158 Å². The molecule has 144 heavy (non-hydrogen) atoms. The molecule has 6 aromatic heterocycles. The standard InChI is InChI=1S/C48H33N3O.C44H29N3O.C40H27N3O/c1-48(2)39-25-10-9-22-36(39)42-40(48)26-27-41-43(42)37-23-13-24-38(44(37)52-41)47-50-45(34-20-11-18-32(28-34)30-14-5-3-6-15-30)49-46(51-47)35-21-12-19-33(29-35)31-16-7-4-8-17-31;1-44(2)35-22-11-10-19-31(35)38-36(44)23-24-37-39(38)32-20-12-21-33(40(32)48-37)42-45-41(26-13-4-3-5-14-26)46-43(47-42)34-25-27-15-6-7-16-28(27)29-17-8-9-18-30(29)34;1-40(2)31-21-9-8-17-28(31)34-32(40)22-23-33-35(34)29-19-11-20-30(36(29)44-33)39-42-37(25-13-4-3-5-14-25)41-38(43-39)27-18-10-15-24-12-6-7-16-26(24)27/h3-29H,1-2H3;3-25H,1-2H3;3-23H,1-2H3. The van der Waals surface area contributed by atoms with Crippen LogP contribution < -0.4 is 0 Å². The summed E-state index contributed by atoms with van der Waals surface area (Å²) in [5, 5.41) is 13.5. The van der Waals surface area contributed by atoms with E-state index in [1.54, 1.807) is 0 Å². The van der Waals surface area contributed by atoms with Gasteiger partial charge < -0.3 is 13.3 Å². The Morgan fingerprint density at radius 2 is 0.424 bits per heavy atom. The zero-order valence-corrected chi connectivity index (χ0v) is 79.7. The Labute approximate surface area is 830 Å². The van der Waals surface area contributed by atoms with Gasteiger partial charge in [-0.2, -0.15) is 0 Å². The van der Waals surface area contributed by atoms with E-state index in [9.17, 15) is 0 Å². The van der Waals surface area contributed by atoms with Crippen LogP contribution in [0, 0.1) is 0 Å². The molecule has 0 aliphatic heterocycles. The van der Waals surface area contributed by atoms with Crippen molar-refractivity contribution in [2.45, 2.75) is 57.8 Å². The van der Waals surface area contributed by atoms with Crippen LogP contribution in [-0.4, -0.2) is 44.9 Å². The van der Waals surface area contributed by atoms with Crippen LogP contribution >= 0.6 is 0 Å². The van der Waals surface area contributed by atoms with Crippen molar-refractivity contribution in [2.24, 2.45) is 0 Å². The molecule has 12 heteroatoms. The molecule has 3 aliphatic carbocycles. The van der Waals surface area contributed by atoms with E-state index in [0.29, 0.717) is 52.4 Å². The molecular formula is C132H89N9O3. The summed E-state index contributed by atoms with van der Waals surface area (Å²) in [5.74, 6) is 5.46. The SMILES string of the molecule is CC1(C)c2ccccc2-c2c1ccc1oc3c(-c4nc(-c5cccc(-c6ccccc6)c5)nc(-c5cccc(-c6ccccc6)c5)n4)cccc3c21.CC1(C)c2ccccc2-c2c1ccc1oc3c(-c4nc(-c5ccccc5)nc(-c5cc6ccccc6c6ccccc56)n4)cccc3c21.CC1(C)c2ccccc2-c2c1ccc1oc3c(-c4nc(-c5ccccc5)nc(-c5cccc6ccccc56)n4)cccc3c21. The van der Waals surface area contributed by atoms with Gasteiger partial charge in [0.1, 0.15) is 33.5 Å². The lowest BCUT2D eigenvalue weighted by Crippen LogP contribution is -2.14. The monoisotopic (exact) mass is 1850 g/mol. The number of benzene rings is 20. The van der Waals surface area contributed by atoms with Gasteiger partial charge in [0.05, 0.1) is 16.7 Å². The van der Waals surface area contributed by atoms with Crippen molar-refractivity contribution in [2.75, 3.05) is 0 Å².